The standard InChI is InChI=1S/C7H10O/c1-3-5-7-6(4-2)8-7/h3-7H,2H2,1H3/b5-3+. The van der Waals surface area contributed by atoms with Crippen molar-refractivity contribution in [3.63, 3.8) is 0 Å². The quantitative estimate of drug-likeness (QED) is 0.388. The summed E-state index contributed by atoms with van der Waals surface area (Å²) in [6.45, 7) is 5.58. The first-order valence-corrected chi connectivity index (χ1v) is 2.79. The Hall–Kier alpha value is -0.560. The summed E-state index contributed by atoms with van der Waals surface area (Å²) in [5.41, 5.74) is 0. The first kappa shape index (κ1) is 5.57. The molecule has 0 aromatic heterocycles. The highest BCUT2D eigenvalue weighted by molar-refractivity contribution is 5.08. The first-order valence-electron chi connectivity index (χ1n) is 2.79. The van der Waals surface area contributed by atoms with Gasteiger partial charge in [0.2, 0.25) is 0 Å². The molecule has 1 aliphatic rings. The minimum Gasteiger partial charge on any atom is -0.361 e. The molecule has 0 bridgehead atoms. The highest BCUT2D eigenvalue weighted by Crippen LogP contribution is 2.23. The summed E-state index contributed by atoms with van der Waals surface area (Å²) in [6.07, 6.45) is 6.48. The molecule has 44 valence electrons. The maximum absolute atomic E-state index is 5.10. The molecule has 0 spiro atoms. The predicted octanol–water partition coefficient (Wildman–Crippen LogP) is 1.52. The SMILES string of the molecule is C=CC1OC1/C=C/C. The Labute approximate surface area is 49.7 Å². The van der Waals surface area contributed by atoms with Gasteiger partial charge < -0.3 is 4.74 Å². The van der Waals surface area contributed by atoms with Crippen molar-refractivity contribution >= 4 is 0 Å². The monoisotopic (exact) mass is 110 g/mol. The van der Waals surface area contributed by atoms with E-state index >= 15 is 0 Å². The lowest BCUT2D eigenvalue weighted by Gasteiger charge is -1.71. The molecule has 0 N–H and O–H groups in total. The lowest BCUT2D eigenvalue weighted by molar-refractivity contribution is 0.413. The molecule has 1 aliphatic heterocycles. The van der Waals surface area contributed by atoms with Gasteiger partial charge in [0.15, 0.2) is 0 Å². The number of rotatable bonds is 2. The molecule has 0 saturated carbocycles. The van der Waals surface area contributed by atoms with Crippen LogP contribution < -0.4 is 0 Å². The van der Waals surface area contributed by atoms with Gasteiger partial charge in [0.05, 0.1) is 0 Å². The molecule has 1 heterocycles. The number of hydrogen-bond acceptors (Lipinski definition) is 1. The van der Waals surface area contributed by atoms with Gasteiger partial charge in [0.1, 0.15) is 12.2 Å². The van der Waals surface area contributed by atoms with Crippen LogP contribution in [0.1, 0.15) is 6.92 Å². The maximum atomic E-state index is 5.10. The van der Waals surface area contributed by atoms with E-state index in [-0.39, 0.29) is 0 Å². The van der Waals surface area contributed by atoms with Gasteiger partial charge in [-0.25, -0.2) is 0 Å². The zero-order valence-corrected chi connectivity index (χ0v) is 5.00. The second kappa shape index (κ2) is 2.14. The van der Waals surface area contributed by atoms with Crippen molar-refractivity contribution in [1.82, 2.24) is 0 Å². The van der Waals surface area contributed by atoms with Gasteiger partial charge in [-0.15, -0.1) is 6.58 Å². The summed E-state index contributed by atoms with van der Waals surface area (Å²) in [6, 6.07) is 0. The minimum atomic E-state index is 0.297. The van der Waals surface area contributed by atoms with Gasteiger partial charge in [-0.1, -0.05) is 18.2 Å². The number of ether oxygens (including phenoxy) is 1. The Morgan fingerprint density at radius 1 is 1.50 bits per heavy atom. The Balaban J connectivity index is 2.26. The minimum absolute atomic E-state index is 0.297. The molecule has 1 nitrogen and oxygen atoms in total. The molecule has 2 atom stereocenters. The van der Waals surface area contributed by atoms with Crippen molar-refractivity contribution in [2.45, 2.75) is 19.1 Å². The summed E-state index contributed by atoms with van der Waals surface area (Å²) in [5, 5.41) is 0. The fraction of sp³-hybridized carbons (Fsp3) is 0.429. The number of hydrogen-bond donors (Lipinski definition) is 0. The average Bonchev–Trinajstić information content (AvgIpc) is 2.48. The molecule has 0 aromatic rings. The van der Waals surface area contributed by atoms with Crippen molar-refractivity contribution in [3.05, 3.63) is 24.8 Å². The van der Waals surface area contributed by atoms with E-state index in [2.05, 4.69) is 6.58 Å². The van der Waals surface area contributed by atoms with Crippen LogP contribution in [-0.2, 0) is 4.74 Å². The van der Waals surface area contributed by atoms with Gasteiger partial charge in [-0.3, -0.25) is 0 Å². The second-order valence-corrected chi connectivity index (χ2v) is 1.83. The molecular formula is C7H10O. The van der Waals surface area contributed by atoms with Crippen LogP contribution in [0, 0.1) is 0 Å². The number of allylic oxidation sites excluding steroid dienone is 1. The molecule has 1 fully saturated rings. The van der Waals surface area contributed by atoms with Crippen molar-refractivity contribution in [2.75, 3.05) is 0 Å². The summed E-state index contributed by atoms with van der Waals surface area (Å²) in [7, 11) is 0. The van der Waals surface area contributed by atoms with E-state index in [1.807, 2.05) is 25.2 Å². The normalized spacial score (nSPS) is 35.6. The summed E-state index contributed by atoms with van der Waals surface area (Å²) in [5.74, 6) is 0. The molecule has 0 aromatic carbocycles. The van der Waals surface area contributed by atoms with E-state index in [0.717, 1.165) is 0 Å². The summed E-state index contributed by atoms with van der Waals surface area (Å²) < 4.78 is 5.10. The first-order chi connectivity index (χ1) is 3.88. The van der Waals surface area contributed by atoms with Crippen LogP contribution in [0.2, 0.25) is 0 Å². The van der Waals surface area contributed by atoms with Crippen molar-refractivity contribution < 1.29 is 4.74 Å². The topological polar surface area (TPSA) is 12.5 Å². The summed E-state index contributed by atoms with van der Waals surface area (Å²) in [4.78, 5) is 0. The van der Waals surface area contributed by atoms with Crippen LogP contribution >= 0.6 is 0 Å². The van der Waals surface area contributed by atoms with Crippen LogP contribution in [0.25, 0.3) is 0 Å². The van der Waals surface area contributed by atoms with Crippen LogP contribution in [0.3, 0.4) is 0 Å². The van der Waals surface area contributed by atoms with E-state index in [9.17, 15) is 0 Å². The highest BCUT2D eigenvalue weighted by atomic mass is 16.6. The zero-order chi connectivity index (χ0) is 5.98. The lowest BCUT2D eigenvalue weighted by atomic mass is 10.3. The van der Waals surface area contributed by atoms with E-state index in [4.69, 9.17) is 4.74 Å². The molecule has 1 saturated heterocycles. The molecule has 0 amide bonds. The van der Waals surface area contributed by atoms with E-state index in [1.165, 1.54) is 0 Å². The van der Waals surface area contributed by atoms with Crippen LogP contribution in [0.15, 0.2) is 24.8 Å². The predicted molar refractivity (Wildman–Crippen MR) is 33.7 cm³/mol. The fourth-order valence-corrected chi connectivity index (χ4v) is 0.670. The number of epoxide rings is 1. The highest BCUT2D eigenvalue weighted by Gasteiger charge is 2.32. The third-order valence-corrected chi connectivity index (χ3v) is 1.18. The van der Waals surface area contributed by atoms with Crippen molar-refractivity contribution in [3.8, 4) is 0 Å². The van der Waals surface area contributed by atoms with Gasteiger partial charge >= 0.3 is 0 Å². The molecule has 8 heavy (non-hydrogen) atoms. The molecular weight excluding hydrogens is 100 g/mol. The fourth-order valence-electron chi connectivity index (χ4n) is 0.670. The molecule has 1 rings (SSSR count). The Kier molecular flexibility index (Phi) is 1.49. The third-order valence-electron chi connectivity index (χ3n) is 1.18. The van der Waals surface area contributed by atoms with Gasteiger partial charge in [-0.05, 0) is 6.92 Å². The largest absolute Gasteiger partial charge is 0.361 e. The van der Waals surface area contributed by atoms with Crippen LogP contribution in [-0.4, -0.2) is 12.2 Å². The zero-order valence-electron chi connectivity index (χ0n) is 5.00. The van der Waals surface area contributed by atoms with E-state index in [1.54, 1.807) is 0 Å². The van der Waals surface area contributed by atoms with Gasteiger partial charge in [0.25, 0.3) is 0 Å². The van der Waals surface area contributed by atoms with Crippen molar-refractivity contribution in [1.29, 1.82) is 0 Å². The van der Waals surface area contributed by atoms with E-state index < -0.39 is 0 Å². The Morgan fingerprint density at radius 2 is 2.25 bits per heavy atom. The van der Waals surface area contributed by atoms with Crippen LogP contribution in [0.4, 0.5) is 0 Å². The Bertz CT molecular complexity index is 116. The van der Waals surface area contributed by atoms with E-state index in [0.29, 0.717) is 12.2 Å². The lowest BCUT2D eigenvalue weighted by Crippen LogP contribution is -1.81. The molecule has 2 unspecified atom stereocenters. The maximum Gasteiger partial charge on any atom is 0.106 e. The van der Waals surface area contributed by atoms with Gasteiger partial charge in [0, 0.05) is 0 Å². The molecule has 0 radical (unpaired) electrons. The average molecular weight is 110 g/mol. The van der Waals surface area contributed by atoms with Crippen LogP contribution in [0.5, 0.6) is 0 Å². The second-order valence-electron chi connectivity index (χ2n) is 1.83. The third kappa shape index (κ3) is 0.984. The summed E-state index contributed by atoms with van der Waals surface area (Å²) >= 11 is 0. The smallest absolute Gasteiger partial charge is 0.106 e. The Morgan fingerprint density at radius 3 is 2.62 bits per heavy atom. The van der Waals surface area contributed by atoms with Gasteiger partial charge in [-0.2, -0.15) is 0 Å². The molecule has 0 aliphatic carbocycles. The van der Waals surface area contributed by atoms with Crippen molar-refractivity contribution in [2.24, 2.45) is 0 Å². The molecule has 1 heteroatoms.